The van der Waals surface area contributed by atoms with Gasteiger partial charge < -0.3 is 15.2 Å². The van der Waals surface area contributed by atoms with Crippen molar-refractivity contribution in [2.75, 3.05) is 18.9 Å². The third-order valence-corrected chi connectivity index (χ3v) is 3.01. The lowest BCUT2D eigenvalue weighted by Crippen LogP contribution is -2.28. The SMILES string of the molecule is Nc1ccc(CCC(=O)OC2CCCOC2)cc1. The average Bonchev–Trinajstić information content (AvgIpc) is 2.39. The Balaban J connectivity index is 1.72. The Morgan fingerprint density at radius 2 is 2.17 bits per heavy atom. The predicted molar refractivity (Wildman–Crippen MR) is 69.1 cm³/mol. The summed E-state index contributed by atoms with van der Waals surface area (Å²) in [6.07, 6.45) is 2.91. The highest BCUT2D eigenvalue weighted by molar-refractivity contribution is 5.70. The van der Waals surface area contributed by atoms with Crippen LogP contribution in [0.25, 0.3) is 0 Å². The van der Waals surface area contributed by atoms with E-state index in [2.05, 4.69) is 0 Å². The van der Waals surface area contributed by atoms with Crippen LogP contribution in [0.2, 0.25) is 0 Å². The fourth-order valence-corrected chi connectivity index (χ4v) is 1.98. The van der Waals surface area contributed by atoms with Crippen molar-refractivity contribution >= 4 is 11.7 Å². The molecule has 2 rings (SSSR count). The molecule has 1 aromatic rings. The molecule has 4 nitrogen and oxygen atoms in total. The van der Waals surface area contributed by atoms with Gasteiger partial charge in [0, 0.05) is 18.7 Å². The van der Waals surface area contributed by atoms with Gasteiger partial charge in [-0.2, -0.15) is 0 Å². The molecule has 1 aliphatic rings. The molecule has 1 aromatic carbocycles. The van der Waals surface area contributed by atoms with Crippen molar-refractivity contribution in [1.29, 1.82) is 0 Å². The molecule has 0 spiro atoms. The molecule has 4 heteroatoms. The number of benzene rings is 1. The first-order valence-corrected chi connectivity index (χ1v) is 6.35. The Bertz CT molecular complexity index is 383. The molecule has 1 atom stereocenters. The molecule has 0 bridgehead atoms. The van der Waals surface area contributed by atoms with E-state index in [1.165, 1.54) is 0 Å². The van der Waals surface area contributed by atoms with E-state index < -0.39 is 0 Å². The van der Waals surface area contributed by atoms with E-state index in [4.69, 9.17) is 15.2 Å². The Labute approximate surface area is 107 Å². The minimum absolute atomic E-state index is 0.0577. The van der Waals surface area contributed by atoms with Crippen LogP contribution in [0.5, 0.6) is 0 Å². The Kier molecular flexibility index (Phi) is 4.59. The molecule has 18 heavy (non-hydrogen) atoms. The molecule has 1 heterocycles. The van der Waals surface area contributed by atoms with Gasteiger partial charge >= 0.3 is 5.97 Å². The van der Waals surface area contributed by atoms with Crippen LogP contribution in [0.15, 0.2) is 24.3 Å². The van der Waals surface area contributed by atoms with Crippen LogP contribution in [0.3, 0.4) is 0 Å². The summed E-state index contributed by atoms with van der Waals surface area (Å²) in [6, 6.07) is 7.56. The zero-order valence-corrected chi connectivity index (χ0v) is 10.4. The maximum atomic E-state index is 11.6. The smallest absolute Gasteiger partial charge is 0.306 e. The van der Waals surface area contributed by atoms with Crippen LogP contribution in [-0.2, 0) is 20.7 Å². The van der Waals surface area contributed by atoms with Crippen molar-refractivity contribution in [3.05, 3.63) is 29.8 Å². The standard InChI is InChI=1S/C14H19NO3/c15-12-6-3-11(4-7-12)5-8-14(16)18-13-2-1-9-17-10-13/h3-4,6-7,13H,1-2,5,8-10,15H2. The lowest BCUT2D eigenvalue weighted by molar-refractivity contribution is -0.155. The molecule has 98 valence electrons. The number of anilines is 1. The number of esters is 1. The van der Waals surface area contributed by atoms with Crippen molar-refractivity contribution in [3.8, 4) is 0 Å². The largest absolute Gasteiger partial charge is 0.460 e. The van der Waals surface area contributed by atoms with Gasteiger partial charge in [-0.15, -0.1) is 0 Å². The van der Waals surface area contributed by atoms with Gasteiger partial charge in [0.15, 0.2) is 0 Å². The quantitative estimate of drug-likeness (QED) is 0.654. The summed E-state index contributed by atoms with van der Waals surface area (Å²) in [5.74, 6) is -0.151. The van der Waals surface area contributed by atoms with Crippen molar-refractivity contribution in [3.63, 3.8) is 0 Å². The second kappa shape index (κ2) is 6.40. The first kappa shape index (κ1) is 12.9. The number of nitrogen functional groups attached to an aromatic ring is 1. The molecule has 1 fully saturated rings. The van der Waals surface area contributed by atoms with Gasteiger partial charge in [-0.3, -0.25) is 4.79 Å². The summed E-state index contributed by atoms with van der Waals surface area (Å²) in [5, 5.41) is 0. The Hall–Kier alpha value is -1.55. The van der Waals surface area contributed by atoms with Crippen LogP contribution in [0, 0.1) is 0 Å². The van der Waals surface area contributed by atoms with Crippen molar-refractivity contribution in [2.45, 2.75) is 31.8 Å². The van der Waals surface area contributed by atoms with Crippen LogP contribution >= 0.6 is 0 Å². The first-order valence-electron chi connectivity index (χ1n) is 6.35. The van der Waals surface area contributed by atoms with Gasteiger partial charge in [-0.05, 0) is 37.0 Å². The second-order valence-electron chi connectivity index (χ2n) is 4.57. The molecule has 1 unspecified atom stereocenters. The minimum atomic E-state index is -0.151. The molecule has 1 saturated heterocycles. The number of hydrogen-bond acceptors (Lipinski definition) is 4. The maximum absolute atomic E-state index is 11.6. The average molecular weight is 249 g/mol. The number of rotatable bonds is 4. The maximum Gasteiger partial charge on any atom is 0.306 e. The van der Waals surface area contributed by atoms with Gasteiger partial charge in [0.25, 0.3) is 0 Å². The van der Waals surface area contributed by atoms with Gasteiger partial charge in [0.1, 0.15) is 6.10 Å². The molecule has 0 aromatic heterocycles. The molecule has 2 N–H and O–H groups in total. The van der Waals surface area contributed by atoms with Crippen LogP contribution in [0.1, 0.15) is 24.8 Å². The van der Waals surface area contributed by atoms with Crippen LogP contribution in [-0.4, -0.2) is 25.3 Å². The number of hydrogen-bond donors (Lipinski definition) is 1. The number of carbonyl (C=O) groups excluding carboxylic acids is 1. The molecule has 0 radical (unpaired) electrons. The van der Waals surface area contributed by atoms with Crippen molar-refractivity contribution < 1.29 is 14.3 Å². The van der Waals surface area contributed by atoms with Crippen LogP contribution < -0.4 is 5.73 Å². The lowest BCUT2D eigenvalue weighted by Gasteiger charge is -2.22. The van der Waals surface area contributed by atoms with Crippen molar-refractivity contribution in [1.82, 2.24) is 0 Å². The van der Waals surface area contributed by atoms with E-state index in [1.54, 1.807) is 0 Å². The van der Waals surface area contributed by atoms with Gasteiger partial charge in [-0.25, -0.2) is 0 Å². The van der Waals surface area contributed by atoms with Gasteiger partial charge in [-0.1, -0.05) is 12.1 Å². The Morgan fingerprint density at radius 1 is 1.39 bits per heavy atom. The highest BCUT2D eigenvalue weighted by Crippen LogP contribution is 2.12. The molecule has 0 saturated carbocycles. The summed E-state index contributed by atoms with van der Waals surface area (Å²) >= 11 is 0. The van der Waals surface area contributed by atoms with Crippen molar-refractivity contribution in [2.24, 2.45) is 0 Å². The highest BCUT2D eigenvalue weighted by atomic mass is 16.6. The fourth-order valence-electron chi connectivity index (χ4n) is 1.98. The zero-order valence-electron chi connectivity index (χ0n) is 10.4. The number of nitrogens with two attached hydrogens (primary N) is 1. The fraction of sp³-hybridized carbons (Fsp3) is 0.500. The molecule has 0 amide bonds. The topological polar surface area (TPSA) is 61.6 Å². The second-order valence-corrected chi connectivity index (χ2v) is 4.57. The van der Waals surface area contributed by atoms with E-state index in [9.17, 15) is 4.79 Å². The predicted octanol–water partition coefficient (Wildman–Crippen LogP) is 1.92. The summed E-state index contributed by atoms with van der Waals surface area (Å²) in [5.41, 5.74) is 7.44. The molecular weight excluding hydrogens is 230 g/mol. The normalized spacial score (nSPS) is 19.4. The number of ether oxygens (including phenoxy) is 2. The zero-order chi connectivity index (χ0) is 12.8. The van der Waals surface area contributed by atoms with E-state index in [0.29, 0.717) is 19.4 Å². The number of aryl methyl sites for hydroxylation is 1. The third kappa shape index (κ3) is 4.04. The summed E-state index contributed by atoms with van der Waals surface area (Å²) in [7, 11) is 0. The minimum Gasteiger partial charge on any atom is -0.460 e. The molecular formula is C14H19NO3. The highest BCUT2D eigenvalue weighted by Gasteiger charge is 2.17. The number of carbonyl (C=O) groups is 1. The third-order valence-electron chi connectivity index (χ3n) is 3.01. The van der Waals surface area contributed by atoms with E-state index in [0.717, 1.165) is 30.7 Å². The van der Waals surface area contributed by atoms with Crippen LogP contribution in [0.4, 0.5) is 5.69 Å². The summed E-state index contributed by atoms with van der Waals surface area (Å²) in [6.45, 7) is 1.31. The lowest BCUT2D eigenvalue weighted by atomic mass is 10.1. The first-order chi connectivity index (χ1) is 8.74. The summed E-state index contributed by atoms with van der Waals surface area (Å²) < 4.78 is 10.6. The van der Waals surface area contributed by atoms with E-state index >= 15 is 0 Å². The van der Waals surface area contributed by atoms with Gasteiger partial charge in [0.05, 0.1) is 6.61 Å². The Morgan fingerprint density at radius 3 is 2.83 bits per heavy atom. The van der Waals surface area contributed by atoms with E-state index in [1.807, 2.05) is 24.3 Å². The molecule has 0 aliphatic carbocycles. The molecule has 1 aliphatic heterocycles. The van der Waals surface area contributed by atoms with E-state index in [-0.39, 0.29) is 12.1 Å². The van der Waals surface area contributed by atoms with Gasteiger partial charge in [0.2, 0.25) is 0 Å². The monoisotopic (exact) mass is 249 g/mol. The summed E-state index contributed by atoms with van der Waals surface area (Å²) in [4.78, 5) is 11.6.